The summed E-state index contributed by atoms with van der Waals surface area (Å²) in [6.45, 7) is 0. The summed E-state index contributed by atoms with van der Waals surface area (Å²) in [5, 5.41) is 11.0. The minimum Gasteiger partial charge on any atom is -0.508 e. The number of amides is 2. The van der Waals surface area contributed by atoms with Gasteiger partial charge >= 0.3 is 0 Å². The number of hydrogen-bond acceptors (Lipinski definition) is 5. The van der Waals surface area contributed by atoms with Crippen LogP contribution in [-0.2, 0) is 14.4 Å². The van der Waals surface area contributed by atoms with Crippen molar-refractivity contribution in [1.82, 2.24) is 5.06 Å². The van der Waals surface area contributed by atoms with Gasteiger partial charge in [-0.05, 0) is 29.8 Å². The van der Waals surface area contributed by atoms with Crippen LogP contribution in [0.2, 0.25) is 0 Å². The molecule has 3 atom stereocenters. The molecule has 0 saturated carbocycles. The van der Waals surface area contributed by atoms with Crippen molar-refractivity contribution in [3.05, 3.63) is 60.2 Å². The summed E-state index contributed by atoms with van der Waals surface area (Å²) in [5.41, 5.74) is 1.37. The second-order valence-corrected chi connectivity index (χ2v) is 5.98. The first-order valence-corrected chi connectivity index (χ1v) is 7.69. The molecule has 2 aromatic carbocycles. The van der Waals surface area contributed by atoms with Gasteiger partial charge in [0, 0.05) is 7.05 Å². The van der Waals surface area contributed by atoms with Gasteiger partial charge in [-0.25, -0.2) is 4.90 Å². The van der Waals surface area contributed by atoms with Crippen molar-refractivity contribution in [3.63, 3.8) is 0 Å². The zero-order valence-electron chi connectivity index (χ0n) is 13.0. The zero-order valence-corrected chi connectivity index (χ0v) is 13.0. The van der Waals surface area contributed by atoms with Crippen LogP contribution in [0.15, 0.2) is 54.6 Å². The van der Waals surface area contributed by atoms with E-state index in [4.69, 9.17) is 4.84 Å². The van der Waals surface area contributed by atoms with Crippen molar-refractivity contribution in [2.45, 2.75) is 12.1 Å². The predicted octanol–water partition coefficient (Wildman–Crippen LogP) is 1.87. The molecule has 6 nitrogen and oxygen atoms in total. The molecule has 0 spiro atoms. The van der Waals surface area contributed by atoms with Crippen LogP contribution in [0.5, 0.6) is 5.75 Å². The van der Waals surface area contributed by atoms with E-state index >= 15 is 0 Å². The summed E-state index contributed by atoms with van der Waals surface area (Å²) in [5.74, 6) is -1.06. The number of carbonyl (C=O) groups excluding carboxylic acids is 2. The van der Waals surface area contributed by atoms with E-state index in [1.165, 1.54) is 4.90 Å². The number of phenolic OH excluding ortho intramolecular Hbond substituents is 1. The third kappa shape index (κ3) is 2.11. The number of rotatable bonds is 2. The smallest absolute Gasteiger partial charge is 0.265 e. The molecule has 6 heteroatoms. The zero-order chi connectivity index (χ0) is 16.8. The van der Waals surface area contributed by atoms with Gasteiger partial charge in [0.1, 0.15) is 5.75 Å². The van der Waals surface area contributed by atoms with Gasteiger partial charge in [-0.1, -0.05) is 30.3 Å². The van der Waals surface area contributed by atoms with Crippen molar-refractivity contribution in [2.75, 3.05) is 11.9 Å². The van der Waals surface area contributed by atoms with Gasteiger partial charge in [-0.3, -0.25) is 14.4 Å². The average Bonchev–Trinajstić information content (AvgIpc) is 3.04. The monoisotopic (exact) mass is 324 g/mol. The number of nitrogens with zero attached hydrogens (tertiary/aromatic N) is 2. The number of anilines is 1. The van der Waals surface area contributed by atoms with Crippen molar-refractivity contribution >= 4 is 17.5 Å². The highest BCUT2D eigenvalue weighted by Crippen LogP contribution is 2.44. The SMILES string of the molecule is CN1OC2C(=O)N(c3ccccc3)C(=O)C2C1c1ccc(O)cc1. The molecule has 2 aliphatic rings. The average molecular weight is 324 g/mol. The Kier molecular flexibility index (Phi) is 3.37. The normalized spacial score (nSPS) is 26.9. The first-order valence-electron chi connectivity index (χ1n) is 7.69. The van der Waals surface area contributed by atoms with Gasteiger partial charge in [-0.15, -0.1) is 0 Å². The lowest BCUT2D eigenvalue weighted by Gasteiger charge is -2.24. The van der Waals surface area contributed by atoms with Crippen molar-refractivity contribution < 1.29 is 19.5 Å². The van der Waals surface area contributed by atoms with E-state index in [1.54, 1.807) is 60.6 Å². The number of aromatic hydroxyl groups is 1. The third-order valence-corrected chi connectivity index (χ3v) is 4.56. The van der Waals surface area contributed by atoms with E-state index in [0.717, 1.165) is 5.56 Å². The molecule has 2 amide bonds. The summed E-state index contributed by atoms with van der Waals surface area (Å²) < 4.78 is 0. The lowest BCUT2D eigenvalue weighted by Crippen LogP contribution is -2.36. The highest BCUT2D eigenvalue weighted by atomic mass is 16.7. The van der Waals surface area contributed by atoms with Gasteiger partial charge in [0.05, 0.1) is 17.6 Å². The molecule has 0 aromatic heterocycles. The van der Waals surface area contributed by atoms with Crippen LogP contribution >= 0.6 is 0 Å². The number of hydroxylamine groups is 2. The molecule has 0 aliphatic carbocycles. The molecule has 122 valence electrons. The first-order chi connectivity index (χ1) is 11.6. The third-order valence-electron chi connectivity index (χ3n) is 4.56. The quantitative estimate of drug-likeness (QED) is 0.854. The van der Waals surface area contributed by atoms with Crippen molar-refractivity contribution in [2.24, 2.45) is 5.92 Å². The Morgan fingerprint density at radius 3 is 2.29 bits per heavy atom. The predicted molar refractivity (Wildman–Crippen MR) is 85.9 cm³/mol. The Balaban J connectivity index is 1.72. The number of para-hydroxylation sites is 1. The molecule has 3 unspecified atom stereocenters. The van der Waals surface area contributed by atoms with Crippen LogP contribution < -0.4 is 4.90 Å². The van der Waals surface area contributed by atoms with Crippen LogP contribution in [0.25, 0.3) is 0 Å². The number of hydrogen-bond donors (Lipinski definition) is 1. The molecule has 24 heavy (non-hydrogen) atoms. The maximum atomic E-state index is 12.9. The number of imide groups is 1. The van der Waals surface area contributed by atoms with Crippen LogP contribution in [0.3, 0.4) is 0 Å². The van der Waals surface area contributed by atoms with E-state index < -0.39 is 12.0 Å². The van der Waals surface area contributed by atoms with Gasteiger partial charge in [0.15, 0.2) is 6.10 Å². The minimum absolute atomic E-state index is 0.150. The molecule has 0 radical (unpaired) electrons. The minimum atomic E-state index is -0.818. The standard InChI is InChI=1S/C18H16N2O4/c1-19-15(11-7-9-13(21)10-8-11)14-16(24-19)18(23)20(17(14)22)12-5-3-2-4-6-12/h2-10,14-16,21H,1H3. The molecule has 2 heterocycles. The molecule has 1 N–H and O–H groups in total. The van der Waals surface area contributed by atoms with Crippen LogP contribution in [0, 0.1) is 5.92 Å². The fourth-order valence-corrected chi connectivity index (χ4v) is 3.47. The molecule has 2 aromatic rings. The number of phenols is 1. The highest BCUT2D eigenvalue weighted by molar-refractivity contribution is 6.23. The summed E-state index contributed by atoms with van der Waals surface area (Å²) in [4.78, 5) is 32.5. The lowest BCUT2D eigenvalue weighted by atomic mass is 9.91. The molecule has 2 aliphatic heterocycles. The molecule has 4 rings (SSSR count). The number of benzene rings is 2. The maximum Gasteiger partial charge on any atom is 0.265 e. The Bertz CT molecular complexity index is 790. The Labute approximate surface area is 138 Å². The van der Waals surface area contributed by atoms with Crippen molar-refractivity contribution in [3.8, 4) is 5.75 Å². The first kappa shape index (κ1) is 14.9. The van der Waals surface area contributed by atoms with Gasteiger partial charge < -0.3 is 5.11 Å². The van der Waals surface area contributed by atoms with E-state index in [9.17, 15) is 14.7 Å². The van der Waals surface area contributed by atoms with Crippen LogP contribution in [-0.4, -0.2) is 35.1 Å². The summed E-state index contributed by atoms with van der Waals surface area (Å²) >= 11 is 0. The Morgan fingerprint density at radius 2 is 1.62 bits per heavy atom. The number of fused-ring (bicyclic) bond motifs is 1. The largest absolute Gasteiger partial charge is 0.508 e. The summed E-state index contributed by atoms with van der Waals surface area (Å²) in [7, 11) is 1.71. The van der Waals surface area contributed by atoms with Crippen molar-refractivity contribution in [1.29, 1.82) is 0 Å². The second-order valence-electron chi connectivity index (χ2n) is 5.98. The molecule has 2 fully saturated rings. The topological polar surface area (TPSA) is 70.1 Å². The van der Waals surface area contributed by atoms with E-state index in [2.05, 4.69) is 0 Å². The van der Waals surface area contributed by atoms with Crippen LogP contribution in [0.4, 0.5) is 5.69 Å². The molecule has 0 bridgehead atoms. The summed E-state index contributed by atoms with van der Waals surface area (Å²) in [6.07, 6.45) is -0.818. The van der Waals surface area contributed by atoms with Gasteiger partial charge in [-0.2, -0.15) is 5.06 Å². The summed E-state index contributed by atoms with van der Waals surface area (Å²) in [6, 6.07) is 15.1. The van der Waals surface area contributed by atoms with Gasteiger partial charge in [0.2, 0.25) is 5.91 Å². The fourth-order valence-electron chi connectivity index (χ4n) is 3.47. The fraction of sp³-hybridized carbons (Fsp3) is 0.222. The Morgan fingerprint density at radius 1 is 0.958 bits per heavy atom. The molecular weight excluding hydrogens is 308 g/mol. The van der Waals surface area contributed by atoms with E-state index in [0.29, 0.717) is 5.69 Å². The molecule has 2 saturated heterocycles. The van der Waals surface area contributed by atoms with E-state index in [-0.39, 0.29) is 23.6 Å². The highest BCUT2D eigenvalue weighted by Gasteiger charge is 2.59. The lowest BCUT2D eigenvalue weighted by molar-refractivity contribution is -0.160. The molecular formula is C18H16N2O4. The second kappa shape index (κ2) is 5.43. The maximum absolute atomic E-state index is 12.9. The number of carbonyl (C=O) groups is 2. The Hall–Kier alpha value is -2.70. The van der Waals surface area contributed by atoms with E-state index in [1.807, 2.05) is 6.07 Å². The van der Waals surface area contributed by atoms with Gasteiger partial charge in [0.25, 0.3) is 5.91 Å². The van der Waals surface area contributed by atoms with Crippen LogP contribution in [0.1, 0.15) is 11.6 Å².